The second kappa shape index (κ2) is 7.69. The molecule has 0 bridgehead atoms. The molecule has 0 N–H and O–H groups in total. The Hall–Kier alpha value is -0.983. The molecule has 5 heteroatoms. The summed E-state index contributed by atoms with van der Waals surface area (Å²) in [4.78, 5) is 0. The van der Waals surface area contributed by atoms with E-state index in [1.54, 1.807) is 0 Å². The predicted octanol–water partition coefficient (Wildman–Crippen LogP) is 5.53. The molecule has 0 spiro atoms. The van der Waals surface area contributed by atoms with Gasteiger partial charge in [0.05, 0.1) is 12.7 Å². The van der Waals surface area contributed by atoms with Crippen molar-refractivity contribution in [3.05, 3.63) is 41.5 Å². The van der Waals surface area contributed by atoms with Crippen LogP contribution < -0.4 is 0 Å². The fraction of sp³-hybridized carbons (Fsp3) is 0.652. The zero-order valence-electron chi connectivity index (χ0n) is 18.6. The highest BCUT2D eigenvalue weighted by atomic mass is 28.4. The van der Waals surface area contributed by atoms with Crippen LogP contribution in [0.5, 0.6) is 0 Å². The molecule has 4 nitrogen and oxygen atoms in total. The average Bonchev–Trinajstić information content (AvgIpc) is 3.05. The SMILES string of the molecule is C[C@@H]1O[C@H](/C=C/c2ccccc2CO[Si](C)(C)C(C)(C)C)[C@H]2OC(C)(C)O[C@H]21. The summed E-state index contributed by atoms with van der Waals surface area (Å²) in [5.41, 5.74) is 2.37. The zero-order valence-corrected chi connectivity index (χ0v) is 19.6. The first kappa shape index (κ1) is 21.7. The van der Waals surface area contributed by atoms with Gasteiger partial charge in [-0.25, -0.2) is 0 Å². The smallest absolute Gasteiger partial charge is 0.192 e. The topological polar surface area (TPSA) is 36.9 Å². The summed E-state index contributed by atoms with van der Waals surface area (Å²) in [5, 5.41) is 0.202. The van der Waals surface area contributed by atoms with Crippen molar-refractivity contribution in [1.82, 2.24) is 0 Å². The maximum absolute atomic E-state index is 6.44. The van der Waals surface area contributed by atoms with E-state index in [0.29, 0.717) is 6.61 Å². The third kappa shape index (κ3) is 4.60. The van der Waals surface area contributed by atoms with Gasteiger partial charge in [-0.05, 0) is 50.0 Å². The minimum atomic E-state index is -1.79. The fourth-order valence-electron chi connectivity index (χ4n) is 3.49. The van der Waals surface area contributed by atoms with Crippen LogP contribution in [-0.4, -0.2) is 38.5 Å². The van der Waals surface area contributed by atoms with E-state index in [1.807, 2.05) is 13.8 Å². The molecule has 0 radical (unpaired) electrons. The lowest BCUT2D eigenvalue weighted by Crippen LogP contribution is -2.40. The molecule has 0 aromatic heterocycles. The Labute approximate surface area is 171 Å². The molecule has 2 aliphatic heterocycles. The van der Waals surface area contributed by atoms with E-state index >= 15 is 0 Å². The van der Waals surface area contributed by atoms with Crippen LogP contribution in [0.4, 0.5) is 0 Å². The van der Waals surface area contributed by atoms with E-state index in [9.17, 15) is 0 Å². The number of hydrogen-bond acceptors (Lipinski definition) is 4. The van der Waals surface area contributed by atoms with Crippen molar-refractivity contribution in [2.75, 3.05) is 0 Å². The lowest BCUT2D eigenvalue weighted by atomic mass is 10.0. The third-order valence-electron chi connectivity index (χ3n) is 6.24. The van der Waals surface area contributed by atoms with Gasteiger partial charge in [0.2, 0.25) is 0 Å². The van der Waals surface area contributed by atoms with Crippen molar-refractivity contribution in [1.29, 1.82) is 0 Å². The molecule has 2 saturated heterocycles. The van der Waals surface area contributed by atoms with Crippen LogP contribution >= 0.6 is 0 Å². The van der Waals surface area contributed by atoms with E-state index < -0.39 is 14.1 Å². The molecule has 1 aromatic rings. The quantitative estimate of drug-likeness (QED) is 0.605. The van der Waals surface area contributed by atoms with Gasteiger partial charge in [0.15, 0.2) is 14.1 Å². The summed E-state index contributed by atoms with van der Waals surface area (Å²) in [6.45, 7) is 18.0. The monoisotopic (exact) mass is 404 g/mol. The second-order valence-electron chi connectivity index (χ2n) is 9.98. The average molecular weight is 405 g/mol. The zero-order chi connectivity index (χ0) is 20.7. The molecule has 2 heterocycles. The Morgan fingerprint density at radius 2 is 1.75 bits per heavy atom. The summed E-state index contributed by atoms with van der Waals surface area (Å²) >= 11 is 0. The Morgan fingerprint density at radius 1 is 1.11 bits per heavy atom. The van der Waals surface area contributed by atoms with E-state index in [0.717, 1.165) is 0 Å². The van der Waals surface area contributed by atoms with Crippen molar-refractivity contribution in [3.8, 4) is 0 Å². The summed E-state index contributed by atoms with van der Waals surface area (Å²) in [7, 11) is -1.79. The van der Waals surface area contributed by atoms with Crippen LogP contribution in [0.1, 0.15) is 52.7 Å². The molecule has 1 aromatic carbocycles. The lowest BCUT2D eigenvalue weighted by Gasteiger charge is -2.36. The first-order chi connectivity index (χ1) is 12.9. The molecule has 0 unspecified atom stereocenters. The second-order valence-corrected chi connectivity index (χ2v) is 14.8. The number of ether oxygens (including phenoxy) is 3. The van der Waals surface area contributed by atoms with Crippen LogP contribution in [0.25, 0.3) is 6.08 Å². The van der Waals surface area contributed by atoms with Gasteiger partial charge in [-0.3, -0.25) is 0 Å². The molecule has 2 aliphatic rings. The molecule has 28 heavy (non-hydrogen) atoms. The first-order valence-electron chi connectivity index (χ1n) is 10.3. The van der Waals surface area contributed by atoms with Crippen LogP contribution in [0.2, 0.25) is 18.1 Å². The fourth-order valence-corrected chi connectivity index (χ4v) is 4.44. The minimum absolute atomic E-state index is 0.0122. The van der Waals surface area contributed by atoms with E-state index in [4.69, 9.17) is 18.6 Å². The van der Waals surface area contributed by atoms with Crippen molar-refractivity contribution in [2.45, 2.75) is 96.5 Å². The van der Waals surface area contributed by atoms with Crippen LogP contribution in [-0.2, 0) is 25.2 Å². The Morgan fingerprint density at radius 3 is 2.43 bits per heavy atom. The van der Waals surface area contributed by atoms with Gasteiger partial charge in [-0.1, -0.05) is 57.2 Å². The van der Waals surface area contributed by atoms with Gasteiger partial charge in [-0.15, -0.1) is 0 Å². The number of rotatable bonds is 5. The Balaban J connectivity index is 1.72. The lowest BCUT2D eigenvalue weighted by molar-refractivity contribution is -0.180. The van der Waals surface area contributed by atoms with Crippen molar-refractivity contribution < 1.29 is 18.6 Å². The van der Waals surface area contributed by atoms with Crippen molar-refractivity contribution in [3.63, 3.8) is 0 Å². The molecule has 156 valence electrons. The molecule has 0 aliphatic carbocycles. The normalized spacial score (nSPS) is 30.1. The molecular weight excluding hydrogens is 368 g/mol. The van der Waals surface area contributed by atoms with Gasteiger partial charge in [0.1, 0.15) is 18.3 Å². The molecule has 4 atom stereocenters. The van der Waals surface area contributed by atoms with E-state index in [2.05, 4.69) is 77.2 Å². The van der Waals surface area contributed by atoms with Crippen LogP contribution in [0.15, 0.2) is 30.3 Å². The van der Waals surface area contributed by atoms with Gasteiger partial charge in [-0.2, -0.15) is 0 Å². The van der Waals surface area contributed by atoms with Crippen LogP contribution in [0, 0.1) is 0 Å². The third-order valence-corrected chi connectivity index (χ3v) is 10.7. The molecule has 3 rings (SSSR count). The Bertz CT molecular complexity index is 720. The molecule has 2 fully saturated rings. The molecular formula is C23H36O4Si. The van der Waals surface area contributed by atoms with Crippen molar-refractivity contribution in [2.24, 2.45) is 0 Å². The maximum atomic E-state index is 6.44. The number of fused-ring (bicyclic) bond motifs is 1. The van der Waals surface area contributed by atoms with E-state index in [1.165, 1.54) is 11.1 Å². The highest BCUT2D eigenvalue weighted by Crippen LogP contribution is 2.39. The Kier molecular flexibility index (Phi) is 5.96. The van der Waals surface area contributed by atoms with Crippen molar-refractivity contribution >= 4 is 14.4 Å². The first-order valence-corrected chi connectivity index (χ1v) is 13.2. The standard InChI is InChI=1S/C23H36O4Si/c1-16-20-21(27-23(5,6)26-20)19(25-16)14-13-17-11-9-10-12-18(17)15-24-28(7,8)22(2,3)4/h9-14,16,19-21H,15H2,1-8H3/b14-13+/t16-,19+,20-,21+/m0/s1. The van der Waals surface area contributed by atoms with Gasteiger partial charge in [0, 0.05) is 0 Å². The maximum Gasteiger partial charge on any atom is 0.192 e. The predicted molar refractivity (Wildman–Crippen MR) is 116 cm³/mol. The number of benzene rings is 1. The highest BCUT2D eigenvalue weighted by molar-refractivity contribution is 6.74. The summed E-state index contributed by atoms with van der Waals surface area (Å²) in [6, 6.07) is 8.41. The van der Waals surface area contributed by atoms with Crippen LogP contribution in [0.3, 0.4) is 0 Å². The van der Waals surface area contributed by atoms with Gasteiger partial charge < -0.3 is 18.6 Å². The number of hydrogen-bond donors (Lipinski definition) is 0. The van der Waals surface area contributed by atoms with Gasteiger partial charge in [0.25, 0.3) is 0 Å². The van der Waals surface area contributed by atoms with E-state index in [-0.39, 0.29) is 29.5 Å². The summed E-state index contributed by atoms with van der Waals surface area (Å²) in [6.07, 6.45) is 4.10. The summed E-state index contributed by atoms with van der Waals surface area (Å²) in [5.74, 6) is -0.547. The minimum Gasteiger partial charge on any atom is -0.413 e. The highest BCUT2D eigenvalue weighted by Gasteiger charge is 2.52. The summed E-state index contributed by atoms with van der Waals surface area (Å²) < 4.78 is 24.6. The molecule has 0 saturated carbocycles. The van der Waals surface area contributed by atoms with Gasteiger partial charge >= 0.3 is 0 Å². The molecule has 0 amide bonds. The largest absolute Gasteiger partial charge is 0.413 e.